The summed E-state index contributed by atoms with van der Waals surface area (Å²) in [6, 6.07) is 14.1. The molecule has 2 aromatic carbocycles. The molecule has 2 aromatic rings. The molecule has 0 bridgehead atoms. The van der Waals surface area contributed by atoms with Gasteiger partial charge in [0, 0.05) is 31.7 Å². The summed E-state index contributed by atoms with van der Waals surface area (Å²) >= 11 is 0. The molecule has 176 valence electrons. The van der Waals surface area contributed by atoms with Crippen LogP contribution in [0.15, 0.2) is 48.5 Å². The third-order valence-corrected chi connectivity index (χ3v) is 6.62. The largest absolute Gasteiger partial charge is 0.497 e. The van der Waals surface area contributed by atoms with Crippen molar-refractivity contribution in [3.05, 3.63) is 59.7 Å². The van der Waals surface area contributed by atoms with E-state index in [0.717, 1.165) is 58.8 Å². The van der Waals surface area contributed by atoms with E-state index in [-0.39, 0.29) is 11.8 Å². The summed E-state index contributed by atoms with van der Waals surface area (Å²) in [5, 5.41) is 2.91. The fraction of sp³-hybridized carbons (Fsp3) is 0.462. The second kappa shape index (κ2) is 11.3. The number of carbonyl (C=O) groups is 2. The van der Waals surface area contributed by atoms with Gasteiger partial charge in [-0.15, -0.1) is 0 Å². The number of carbonyl (C=O) groups excluding carboxylic acids is 2. The van der Waals surface area contributed by atoms with Crippen LogP contribution < -0.4 is 10.1 Å². The molecule has 2 heterocycles. The lowest BCUT2D eigenvalue weighted by atomic mass is 9.93. The predicted octanol–water partition coefficient (Wildman–Crippen LogP) is 3.52. The van der Waals surface area contributed by atoms with Gasteiger partial charge in [-0.2, -0.15) is 0 Å². The molecule has 0 unspecified atom stereocenters. The van der Waals surface area contributed by atoms with Gasteiger partial charge in [0.1, 0.15) is 5.75 Å². The molecule has 0 saturated carbocycles. The Balaban J connectivity index is 1.32. The Morgan fingerprint density at radius 1 is 1.00 bits per heavy atom. The van der Waals surface area contributed by atoms with Crippen LogP contribution in [0, 0.1) is 5.92 Å². The fourth-order valence-electron chi connectivity index (χ4n) is 4.50. The van der Waals surface area contributed by atoms with Gasteiger partial charge in [0.2, 0.25) is 0 Å². The first-order valence-electron chi connectivity index (χ1n) is 11.8. The van der Waals surface area contributed by atoms with Crippen molar-refractivity contribution in [1.29, 1.82) is 0 Å². The van der Waals surface area contributed by atoms with Crippen molar-refractivity contribution in [1.82, 2.24) is 9.80 Å². The zero-order valence-corrected chi connectivity index (χ0v) is 19.3. The van der Waals surface area contributed by atoms with Crippen molar-refractivity contribution in [2.75, 3.05) is 58.4 Å². The average Bonchev–Trinajstić information content (AvgIpc) is 2.88. The number of piperidine rings is 1. The minimum atomic E-state index is -0.250. The molecule has 2 aliphatic heterocycles. The molecule has 2 saturated heterocycles. The zero-order chi connectivity index (χ0) is 23.0. The van der Waals surface area contributed by atoms with Crippen molar-refractivity contribution in [2.24, 2.45) is 5.92 Å². The van der Waals surface area contributed by atoms with E-state index in [0.29, 0.717) is 28.5 Å². The highest BCUT2D eigenvalue weighted by molar-refractivity contribution is 6.09. The number of rotatable bonds is 7. The maximum absolute atomic E-state index is 13.3. The number of hydrogen-bond acceptors (Lipinski definition) is 5. The van der Waals surface area contributed by atoms with Gasteiger partial charge in [-0.25, -0.2) is 0 Å². The lowest BCUT2D eigenvalue weighted by Gasteiger charge is -2.34. The van der Waals surface area contributed by atoms with Crippen molar-refractivity contribution >= 4 is 17.5 Å². The molecule has 2 aliphatic rings. The number of hydrogen-bond donors (Lipinski definition) is 1. The summed E-state index contributed by atoms with van der Waals surface area (Å²) in [6.45, 7) is 6.35. The van der Waals surface area contributed by atoms with Crippen LogP contribution in [0.1, 0.15) is 40.0 Å². The normalized spacial score (nSPS) is 17.5. The standard InChI is InChI=1S/C26H33N3O4/c1-32-22-8-6-21(7-9-22)25(30)27-24-5-3-2-4-23(24)26(31)29-14-11-20(12-15-29)10-13-28-16-18-33-19-17-28/h2-9,20H,10-19H2,1H3,(H,27,30). The minimum Gasteiger partial charge on any atom is -0.497 e. The third kappa shape index (κ3) is 6.12. The number of benzene rings is 2. The lowest BCUT2D eigenvalue weighted by molar-refractivity contribution is 0.0332. The van der Waals surface area contributed by atoms with Crippen LogP contribution in [0.3, 0.4) is 0 Å². The second-order valence-corrected chi connectivity index (χ2v) is 8.71. The molecule has 0 atom stereocenters. The first-order valence-corrected chi connectivity index (χ1v) is 11.8. The molecule has 0 aromatic heterocycles. The van der Waals surface area contributed by atoms with E-state index in [1.54, 1.807) is 43.5 Å². The van der Waals surface area contributed by atoms with Gasteiger partial charge < -0.3 is 19.7 Å². The molecule has 0 radical (unpaired) electrons. The first kappa shape index (κ1) is 23.3. The Labute approximate surface area is 195 Å². The maximum atomic E-state index is 13.3. The lowest BCUT2D eigenvalue weighted by Crippen LogP contribution is -2.41. The summed E-state index contributed by atoms with van der Waals surface area (Å²) in [6.07, 6.45) is 3.23. The van der Waals surface area contributed by atoms with E-state index < -0.39 is 0 Å². The van der Waals surface area contributed by atoms with E-state index in [4.69, 9.17) is 9.47 Å². The number of methoxy groups -OCH3 is 1. The van der Waals surface area contributed by atoms with Gasteiger partial charge in [0.15, 0.2) is 0 Å². The van der Waals surface area contributed by atoms with Crippen LogP contribution in [-0.4, -0.2) is 74.7 Å². The molecular weight excluding hydrogens is 418 g/mol. The Kier molecular flexibility index (Phi) is 7.96. The molecule has 7 heteroatoms. The van der Waals surface area contributed by atoms with E-state index in [1.807, 2.05) is 17.0 Å². The summed E-state index contributed by atoms with van der Waals surface area (Å²) in [4.78, 5) is 30.4. The highest BCUT2D eigenvalue weighted by Crippen LogP contribution is 2.25. The molecule has 0 spiro atoms. The summed E-state index contributed by atoms with van der Waals surface area (Å²) in [5.41, 5.74) is 1.59. The number of nitrogens with one attached hydrogen (secondary N) is 1. The van der Waals surface area contributed by atoms with Crippen molar-refractivity contribution in [2.45, 2.75) is 19.3 Å². The Bertz CT molecular complexity index is 933. The summed E-state index contributed by atoms with van der Waals surface area (Å²) in [7, 11) is 1.59. The molecule has 0 aliphatic carbocycles. The van der Waals surface area contributed by atoms with Crippen LogP contribution >= 0.6 is 0 Å². The number of amides is 2. The van der Waals surface area contributed by atoms with Crippen LogP contribution in [0.4, 0.5) is 5.69 Å². The van der Waals surface area contributed by atoms with E-state index >= 15 is 0 Å². The van der Waals surface area contributed by atoms with Gasteiger partial charge in [0.25, 0.3) is 11.8 Å². The fourth-order valence-corrected chi connectivity index (χ4v) is 4.50. The highest BCUT2D eigenvalue weighted by Gasteiger charge is 2.26. The summed E-state index contributed by atoms with van der Waals surface area (Å²) < 4.78 is 10.6. The van der Waals surface area contributed by atoms with E-state index in [9.17, 15) is 9.59 Å². The smallest absolute Gasteiger partial charge is 0.255 e. The van der Waals surface area contributed by atoms with Crippen LogP contribution in [0.2, 0.25) is 0 Å². The van der Waals surface area contributed by atoms with Crippen molar-refractivity contribution < 1.29 is 19.1 Å². The second-order valence-electron chi connectivity index (χ2n) is 8.71. The molecule has 33 heavy (non-hydrogen) atoms. The van der Waals surface area contributed by atoms with Crippen molar-refractivity contribution in [3.63, 3.8) is 0 Å². The van der Waals surface area contributed by atoms with Gasteiger partial charge >= 0.3 is 0 Å². The zero-order valence-electron chi connectivity index (χ0n) is 19.3. The Hall–Kier alpha value is -2.90. The Morgan fingerprint density at radius 2 is 1.70 bits per heavy atom. The van der Waals surface area contributed by atoms with Crippen LogP contribution in [0.25, 0.3) is 0 Å². The highest BCUT2D eigenvalue weighted by atomic mass is 16.5. The van der Waals surface area contributed by atoms with Gasteiger partial charge in [-0.1, -0.05) is 12.1 Å². The molecule has 4 rings (SSSR count). The van der Waals surface area contributed by atoms with Gasteiger partial charge in [-0.05, 0) is 68.1 Å². The maximum Gasteiger partial charge on any atom is 0.255 e. The topological polar surface area (TPSA) is 71.1 Å². The van der Waals surface area contributed by atoms with Crippen molar-refractivity contribution in [3.8, 4) is 5.75 Å². The van der Waals surface area contributed by atoms with Crippen LogP contribution in [-0.2, 0) is 4.74 Å². The predicted molar refractivity (Wildman–Crippen MR) is 128 cm³/mol. The number of likely N-dealkylation sites (tertiary alicyclic amines) is 1. The molecule has 2 fully saturated rings. The van der Waals surface area contributed by atoms with Gasteiger partial charge in [0.05, 0.1) is 31.6 Å². The monoisotopic (exact) mass is 451 g/mol. The van der Waals surface area contributed by atoms with Crippen LogP contribution in [0.5, 0.6) is 5.75 Å². The molecule has 1 N–H and O–H groups in total. The third-order valence-electron chi connectivity index (χ3n) is 6.62. The van der Waals surface area contributed by atoms with E-state index in [2.05, 4.69) is 10.2 Å². The molecule has 7 nitrogen and oxygen atoms in total. The number of para-hydroxylation sites is 1. The minimum absolute atomic E-state index is 0.0211. The SMILES string of the molecule is COc1ccc(C(=O)Nc2ccccc2C(=O)N2CCC(CCN3CCOCC3)CC2)cc1. The number of morpholine rings is 1. The molecular formula is C26H33N3O4. The Morgan fingerprint density at radius 3 is 2.39 bits per heavy atom. The number of anilines is 1. The quantitative estimate of drug-likeness (QED) is 0.698. The average molecular weight is 452 g/mol. The first-order chi connectivity index (χ1) is 16.1. The van der Waals surface area contributed by atoms with E-state index in [1.165, 1.54) is 6.42 Å². The number of nitrogens with zero attached hydrogens (tertiary/aromatic N) is 2. The van der Waals surface area contributed by atoms with Gasteiger partial charge in [-0.3, -0.25) is 14.5 Å². The summed E-state index contributed by atoms with van der Waals surface area (Å²) in [5.74, 6) is 1.07. The number of ether oxygens (including phenoxy) is 2. The molecule has 2 amide bonds.